The number of amides is 1. The highest BCUT2D eigenvalue weighted by molar-refractivity contribution is 6.38. The van der Waals surface area contributed by atoms with Crippen molar-refractivity contribution in [3.8, 4) is 5.75 Å². The van der Waals surface area contributed by atoms with E-state index in [-0.39, 0.29) is 5.91 Å². The van der Waals surface area contributed by atoms with Crippen LogP contribution < -0.4 is 9.64 Å². The molecule has 0 unspecified atom stereocenters. The lowest BCUT2D eigenvalue weighted by Gasteiger charge is -2.16. The zero-order chi connectivity index (χ0) is 23.6. The molecule has 6 rings (SSSR count). The number of benzene rings is 4. The fraction of sp³-hybridized carbons (Fsp3) is 0.0645. The molecule has 0 saturated carbocycles. The maximum atomic E-state index is 13.7. The fourth-order valence-electron chi connectivity index (χ4n) is 4.72. The summed E-state index contributed by atoms with van der Waals surface area (Å²) in [7, 11) is 0. The van der Waals surface area contributed by atoms with Gasteiger partial charge in [-0.05, 0) is 42.5 Å². The van der Waals surface area contributed by atoms with Crippen LogP contribution in [0, 0.1) is 0 Å². The van der Waals surface area contributed by atoms with Crippen LogP contribution >= 0.6 is 0 Å². The number of hydrogen-bond donors (Lipinski definition) is 0. The van der Waals surface area contributed by atoms with Gasteiger partial charge in [-0.3, -0.25) is 9.69 Å². The molecule has 0 fully saturated rings. The van der Waals surface area contributed by atoms with Gasteiger partial charge in [-0.25, -0.2) is 0 Å². The van der Waals surface area contributed by atoms with Crippen molar-refractivity contribution < 1.29 is 9.53 Å². The van der Waals surface area contributed by atoms with E-state index in [9.17, 15) is 4.79 Å². The van der Waals surface area contributed by atoms with Crippen molar-refractivity contribution in [2.45, 2.75) is 6.54 Å². The van der Waals surface area contributed by atoms with Gasteiger partial charge in [0.05, 0.1) is 17.8 Å². The van der Waals surface area contributed by atoms with E-state index in [0.29, 0.717) is 18.7 Å². The van der Waals surface area contributed by atoms with E-state index in [1.165, 1.54) is 0 Å². The second-order valence-corrected chi connectivity index (χ2v) is 8.51. The summed E-state index contributed by atoms with van der Waals surface area (Å²) in [5.41, 5.74) is 5.57. The van der Waals surface area contributed by atoms with Gasteiger partial charge in [-0.15, -0.1) is 0 Å². The topological polar surface area (TPSA) is 34.5 Å². The summed E-state index contributed by atoms with van der Waals surface area (Å²) in [6.45, 7) is 1.27. The quantitative estimate of drug-likeness (QED) is 0.259. The summed E-state index contributed by atoms with van der Waals surface area (Å²) in [5, 5.41) is 1.11. The number of nitrogens with zero attached hydrogens (tertiary/aromatic N) is 2. The number of hydrogen-bond acceptors (Lipinski definition) is 2. The second kappa shape index (κ2) is 8.99. The Morgan fingerprint density at radius 2 is 1.43 bits per heavy atom. The summed E-state index contributed by atoms with van der Waals surface area (Å²) in [5.74, 6) is 0.849. The minimum Gasteiger partial charge on any atom is -0.492 e. The molecule has 5 aromatic rings. The molecule has 0 radical (unpaired) electrons. The first-order valence-electron chi connectivity index (χ1n) is 11.8. The maximum absolute atomic E-state index is 13.7. The van der Waals surface area contributed by atoms with Gasteiger partial charge in [-0.2, -0.15) is 0 Å². The van der Waals surface area contributed by atoms with Gasteiger partial charge in [0, 0.05) is 33.9 Å². The average Bonchev–Trinajstić information content (AvgIpc) is 3.40. The SMILES string of the molecule is O=C1C(=Cc2cn(CCOc3ccccc3)c3ccccc23)c2ccccc2N1c1ccccc1. The number of anilines is 2. The minimum atomic E-state index is -0.0124. The Kier molecular flexibility index (Phi) is 5.39. The lowest BCUT2D eigenvalue weighted by molar-refractivity contribution is -0.112. The highest BCUT2D eigenvalue weighted by Crippen LogP contribution is 2.42. The van der Waals surface area contributed by atoms with Gasteiger partial charge in [0.25, 0.3) is 5.91 Å². The standard InChI is InChI=1S/C31H24N2O2/c34-31-28(27-16-8-10-18-30(27)33(31)24-11-3-1-4-12-24)21-23-22-32(29-17-9-7-15-26(23)29)19-20-35-25-13-5-2-6-14-25/h1-18,21-22H,19-20H2. The van der Waals surface area contributed by atoms with Crippen molar-refractivity contribution in [1.29, 1.82) is 0 Å². The van der Waals surface area contributed by atoms with E-state index < -0.39 is 0 Å². The molecule has 4 nitrogen and oxygen atoms in total. The summed E-state index contributed by atoms with van der Waals surface area (Å²) in [4.78, 5) is 15.5. The number of carbonyl (C=O) groups is 1. The predicted octanol–water partition coefficient (Wildman–Crippen LogP) is 6.94. The molecule has 1 aromatic heterocycles. The largest absolute Gasteiger partial charge is 0.492 e. The van der Waals surface area contributed by atoms with Crippen molar-refractivity contribution in [3.63, 3.8) is 0 Å². The monoisotopic (exact) mass is 456 g/mol. The molecule has 2 heterocycles. The van der Waals surface area contributed by atoms with E-state index >= 15 is 0 Å². The van der Waals surface area contributed by atoms with E-state index in [0.717, 1.165) is 39.2 Å². The van der Waals surface area contributed by atoms with Crippen molar-refractivity contribution >= 4 is 39.8 Å². The Bertz CT molecular complexity index is 1530. The Hall–Kier alpha value is -4.57. The molecular formula is C31H24N2O2. The third-order valence-corrected chi connectivity index (χ3v) is 6.35. The van der Waals surface area contributed by atoms with Crippen LogP contribution in [0.15, 0.2) is 115 Å². The molecule has 0 aliphatic carbocycles. The molecule has 170 valence electrons. The number of para-hydroxylation sites is 4. The van der Waals surface area contributed by atoms with E-state index in [4.69, 9.17) is 4.74 Å². The molecule has 35 heavy (non-hydrogen) atoms. The molecular weight excluding hydrogens is 432 g/mol. The molecule has 0 N–H and O–H groups in total. The molecule has 1 aliphatic rings. The van der Waals surface area contributed by atoms with E-state index in [2.05, 4.69) is 22.9 Å². The zero-order valence-corrected chi connectivity index (χ0v) is 19.2. The first kappa shape index (κ1) is 21.0. The number of rotatable bonds is 6. The van der Waals surface area contributed by atoms with Gasteiger partial charge < -0.3 is 9.30 Å². The molecule has 0 saturated heterocycles. The Labute approximate surface area is 204 Å². The molecule has 0 bridgehead atoms. The molecule has 1 amide bonds. The molecule has 0 spiro atoms. The molecule has 0 atom stereocenters. The number of fused-ring (bicyclic) bond motifs is 2. The lowest BCUT2D eigenvalue weighted by Crippen LogP contribution is -2.20. The Morgan fingerprint density at radius 3 is 2.26 bits per heavy atom. The smallest absolute Gasteiger partial charge is 0.263 e. The van der Waals surface area contributed by atoms with Crippen LogP contribution in [0.1, 0.15) is 11.1 Å². The summed E-state index contributed by atoms with van der Waals surface area (Å²) in [6.07, 6.45) is 4.15. The Morgan fingerprint density at radius 1 is 0.743 bits per heavy atom. The average molecular weight is 457 g/mol. The van der Waals surface area contributed by atoms with Crippen LogP contribution in [0.25, 0.3) is 22.6 Å². The summed E-state index contributed by atoms with van der Waals surface area (Å²) < 4.78 is 8.13. The van der Waals surface area contributed by atoms with Crippen LogP contribution in [0.2, 0.25) is 0 Å². The summed E-state index contributed by atoms with van der Waals surface area (Å²) >= 11 is 0. The number of aromatic nitrogens is 1. The van der Waals surface area contributed by atoms with E-state index in [1.54, 1.807) is 4.90 Å². The van der Waals surface area contributed by atoms with Gasteiger partial charge in [0.15, 0.2) is 0 Å². The van der Waals surface area contributed by atoms with Crippen molar-refractivity contribution in [1.82, 2.24) is 4.57 Å². The second-order valence-electron chi connectivity index (χ2n) is 8.51. The van der Waals surface area contributed by atoms with Gasteiger partial charge in [-0.1, -0.05) is 72.8 Å². The molecule has 4 heteroatoms. The Balaban J connectivity index is 1.37. The van der Waals surface area contributed by atoms with Crippen LogP contribution in [0.4, 0.5) is 11.4 Å². The molecule has 1 aliphatic heterocycles. The van der Waals surface area contributed by atoms with E-state index in [1.807, 2.05) is 103 Å². The van der Waals surface area contributed by atoms with Crippen molar-refractivity contribution in [3.05, 3.63) is 127 Å². The minimum absolute atomic E-state index is 0.0124. The third-order valence-electron chi connectivity index (χ3n) is 6.35. The van der Waals surface area contributed by atoms with Crippen LogP contribution in [-0.4, -0.2) is 17.1 Å². The van der Waals surface area contributed by atoms with Crippen molar-refractivity contribution in [2.24, 2.45) is 0 Å². The predicted molar refractivity (Wildman–Crippen MR) is 142 cm³/mol. The summed E-state index contributed by atoms with van der Waals surface area (Å²) in [6, 6.07) is 36.0. The fourth-order valence-corrected chi connectivity index (χ4v) is 4.72. The highest BCUT2D eigenvalue weighted by Gasteiger charge is 2.33. The number of ether oxygens (including phenoxy) is 1. The number of carbonyl (C=O) groups excluding carboxylic acids is 1. The third kappa shape index (κ3) is 3.89. The first-order chi connectivity index (χ1) is 17.3. The maximum Gasteiger partial charge on any atom is 0.263 e. The highest BCUT2D eigenvalue weighted by atomic mass is 16.5. The zero-order valence-electron chi connectivity index (χ0n) is 19.2. The van der Waals surface area contributed by atoms with Crippen LogP contribution in [0.3, 0.4) is 0 Å². The van der Waals surface area contributed by atoms with Gasteiger partial charge in [0.1, 0.15) is 12.4 Å². The van der Waals surface area contributed by atoms with Crippen LogP contribution in [-0.2, 0) is 11.3 Å². The van der Waals surface area contributed by atoms with Crippen molar-refractivity contribution in [2.75, 3.05) is 11.5 Å². The van der Waals surface area contributed by atoms with Gasteiger partial charge in [0.2, 0.25) is 0 Å². The van der Waals surface area contributed by atoms with Crippen LogP contribution in [0.5, 0.6) is 5.75 Å². The molecule has 4 aromatic carbocycles. The normalized spacial score (nSPS) is 14.0. The van der Waals surface area contributed by atoms with Gasteiger partial charge >= 0.3 is 0 Å². The first-order valence-corrected chi connectivity index (χ1v) is 11.8. The lowest BCUT2D eigenvalue weighted by atomic mass is 10.0.